The van der Waals surface area contributed by atoms with E-state index in [1.807, 2.05) is 0 Å². The Morgan fingerprint density at radius 2 is 2.24 bits per heavy atom. The number of halogens is 1. The van der Waals surface area contributed by atoms with E-state index in [1.54, 1.807) is 18.2 Å². The van der Waals surface area contributed by atoms with Gasteiger partial charge in [-0.15, -0.1) is 0 Å². The van der Waals surface area contributed by atoms with Gasteiger partial charge in [-0.1, -0.05) is 37.9 Å². The Morgan fingerprint density at radius 1 is 1.53 bits per heavy atom. The van der Waals surface area contributed by atoms with Crippen molar-refractivity contribution >= 4 is 17.4 Å². The fourth-order valence-electron chi connectivity index (χ4n) is 1.69. The number of hydrogen-bond donors (Lipinski definition) is 2. The molecule has 3 nitrogen and oxygen atoms in total. The molecule has 0 spiro atoms. The predicted octanol–water partition coefficient (Wildman–Crippen LogP) is 3.44. The van der Waals surface area contributed by atoms with Gasteiger partial charge >= 0.3 is 0 Å². The van der Waals surface area contributed by atoms with Crippen molar-refractivity contribution < 1.29 is 4.74 Å². The number of benzene rings is 1. The summed E-state index contributed by atoms with van der Waals surface area (Å²) in [6.45, 7) is 4.91. The highest BCUT2D eigenvalue weighted by atomic mass is 35.5. The van der Waals surface area contributed by atoms with E-state index in [4.69, 9.17) is 27.5 Å². The van der Waals surface area contributed by atoms with Gasteiger partial charge in [0.15, 0.2) is 0 Å². The van der Waals surface area contributed by atoms with Crippen molar-refractivity contribution in [3.8, 4) is 5.75 Å². The number of hydrogen-bond acceptors (Lipinski definition) is 2. The molecule has 1 unspecified atom stereocenters. The second-order valence-corrected chi connectivity index (χ2v) is 4.64. The van der Waals surface area contributed by atoms with Crippen molar-refractivity contribution in [2.24, 2.45) is 11.7 Å². The predicted molar refractivity (Wildman–Crippen MR) is 72.0 cm³/mol. The third-order valence-electron chi connectivity index (χ3n) is 2.55. The molecule has 17 heavy (non-hydrogen) atoms. The molecular formula is C13H19ClN2O. The van der Waals surface area contributed by atoms with Gasteiger partial charge in [0.1, 0.15) is 11.6 Å². The summed E-state index contributed by atoms with van der Waals surface area (Å²) in [6.07, 6.45) is 2.26. The van der Waals surface area contributed by atoms with E-state index < -0.39 is 0 Å². The summed E-state index contributed by atoms with van der Waals surface area (Å²) in [6, 6.07) is 5.30. The summed E-state index contributed by atoms with van der Waals surface area (Å²) in [4.78, 5) is 0. The number of ether oxygens (including phenoxy) is 1. The molecule has 0 bridgehead atoms. The summed E-state index contributed by atoms with van der Waals surface area (Å²) >= 11 is 6.00. The van der Waals surface area contributed by atoms with Crippen LogP contribution in [-0.2, 0) is 0 Å². The molecule has 0 radical (unpaired) electrons. The molecule has 1 rings (SSSR count). The first-order chi connectivity index (χ1) is 8.06. The highest BCUT2D eigenvalue weighted by Gasteiger charge is 2.12. The minimum atomic E-state index is -0.0613. The van der Waals surface area contributed by atoms with Crippen molar-refractivity contribution in [1.29, 1.82) is 5.41 Å². The number of nitrogen functional groups attached to an aromatic ring is 1. The van der Waals surface area contributed by atoms with Crippen LogP contribution in [0.5, 0.6) is 5.75 Å². The minimum absolute atomic E-state index is 0.0613. The zero-order valence-corrected chi connectivity index (χ0v) is 11.1. The highest BCUT2D eigenvalue weighted by Crippen LogP contribution is 2.26. The van der Waals surface area contributed by atoms with Crippen molar-refractivity contribution in [3.05, 3.63) is 28.8 Å². The minimum Gasteiger partial charge on any atom is -0.492 e. The molecule has 0 aliphatic carbocycles. The number of nitrogens with one attached hydrogen (secondary N) is 1. The van der Waals surface area contributed by atoms with Crippen LogP contribution in [-0.4, -0.2) is 12.4 Å². The van der Waals surface area contributed by atoms with Crippen LogP contribution in [0.1, 0.15) is 32.3 Å². The van der Waals surface area contributed by atoms with E-state index in [9.17, 15) is 0 Å². The molecule has 0 fully saturated rings. The van der Waals surface area contributed by atoms with E-state index in [0.29, 0.717) is 28.9 Å². The Balaban J connectivity index is 2.77. The average molecular weight is 255 g/mol. The maximum Gasteiger partial charge on any atom is 0.131 e. The third kappa shape index (κ3) is 3.93. The van der Waals surface area contributed by atoms with E-state index in [-0.39, 0.29) is 5.84 Å². The Bertz CT molecular complexity index is 393. The molecular weight excluding hydrogens is 236 g/mol. The lowest BCUT2D eigenvalue weighted by atomic mass is 10.1. The number of rotatable bonds is 6. The summed E-state index contributed by atoms with van der Waals surface area (Å²) in [7, 11) is 0. The van der Waals surface area contributed by atoms with Crippen molar-refractivity contribution in [2.45, 2.75) is 26.7 Å². The summed E-state index contributed by atoms with van der Waals surface area (Å²) in [5, 5.41) is 7.95. The van der Waals surface area contributed by atoms with Crippen LogP contribution in [0.15, 0.2) is 18.2 Å². The van der Waals surface area contributed by atoms with E-state index in [2.05, 4.69) is 13.8 Å². The smallest absolute Gasteiger partial charge is 0.131 e. The van der Waals surface area contributed by atoms with Gasteiger partial charge in [-0.25, -0.2) is 0 Å². The van der Waals surface area contributed by atoms with Crippen LogP contribution in [0.2, 0.25) is 5.02 Å². The van der Waals surface area contributed by atoms with E-state index in [1.165, 1.54) is 0 Å². The van der Waals surface area contributed by atoms with E-state index >= 15 is 0 Å². The fourth-order valence-corrected chi connectivity index (χ4v) is 1.96. The van der Waals surface area contributed by atoms with Crippen LogP contribution < -0.4 is 10.5 Å². The molecule has 1 aromatic rings. The standard InChI is InChI=1S/C13H19ClN2O/c1-3-5-9(2)8-17-11-7-4-6-10(14)12(11)13(15)16/h4,6-7,9H,3,5,8H2,1-2H3,(H3,15,16). The Kier molecular flexibility index (Phi) is 5.29. The average Bonchev–Trinajstić information content (AvgIpc) is 2.26. The first kappa shape index (κ1) is 13.8. The van der Waals surface area contributed by atoms with Crippen molar-refractivity contribution in [3.63, 3.8) is 0 Å². The maximum atomic E-state index is 7.50. The molecule has 0 aliphatic heterocycles. The molecule has 1 atom stereocenters. The molecule has 4 heteroatoms. The van der Waals surface area contributed by atoms with Gasteiger partial charge in [-0.05, 0) is 24.5 Å². The molecule has 3 N–H and O–H groups in total. The third-order valence-corrected chi connectivity index (χ3v) is 2.86. The SMILES string of the molecule is CCCC(C)COc1cccc(Cl)c1C(=N)N. The van der Waals surface area contributed by atoms with Gasteiger partial charge in [-0.2, -0.15) is 0 Å². The Hall–Kier alpha value is -1.22. The second kappa shape index (κ2) is 6.50. The van der Waals surface area contributed by atoms with Crippen LogP contribution in [0.3, 0.4) is 0 Å². The summed E-state index contributed by atoms with van der Waals surface area (Å²) in [5.74, 6) is 1.01. The van der Waals surface area contributed by atoms with Gasteiger partial charge in [0.05, 0.1) is 17.2 Å². The van der Waals surface area contributed by atoms with Gasteiger partial charge in [0.2, 0.25) is 0 Å². The second-order valence-electron chi connectivity index (χ2n) is 4.23. The molecule has 0 amide bonds. The van der Waals surface area contributed by atoms with Gasteiger partial charge in [0, 0.05) is 0 Å². The Morgan fingerprint density at radius 3 is 2.82 bits per heavy atom. The lowest BCUT2D eigenvalue weighted by Gasteiger charge is -2.15. The molecule has 0 aliphatic rings. The molecule has 0 saturated carbocycles. The quantitative estimate of drug-likeness (QED) is 0.604. The van der Waals surface area contributed by atoms with Crippen LogP contribution in [0.25, 0.3) is 0 Å². The zero-order chi connectivity index (χ0) is 12.8. The number of amidine groups is 1. The monoisotopic (exact) mass is 254 g/mol. The van der Waals surface area contributed by atoms with E-state index in [0.717, 1.165) is 12.8 Å². The molecule has 1 aromatic carbocycles. The Labute approximate surface area is 107 Å². The van der Waals surface area contributed by atoms with Crippen LogP contribution in [0, 0.1) is 11.3 Å². The van der Waals surface area contributed by atoms with Gasteiger partial charge in [-0.3, -0.25) is 5.41 Å². The number of nitrogens with two attached hydrogens (primary N) is 1. The first-order valence-corrected chi connectivity index (χ1v) is 6.19. The van der Waals surface area contributed by atoms with Crippen LogP contribution in [0.4, 0.5) is 0 Å². The first-order valence-electron chi connectivity index (χ1n) is 5.82. The van der Waals surface area contributed by atoms with Crippen molar-refractivity contribution in [1.82, 2.24) is 0 Å². The molecule has 0 heterocycles. The highest BCUT2D eigenvalue weighted by molar-refractivity contribution is 6.34. The topological polar surface area (TPSA) is 59.1 Å². The lowest BCUT2D eigenvalue weighted by Crippen LogP contribution is -2.16. The van der Waals surface area contributed by atoms with Gasteiger partial charge < -0.3 is 10.5 Å². The van der Waals surface area contributed by atoms with Crippen molar-refractivity contribution in [2.75, 3.05) is 6.61 Å². The zero-order valence-electron chi connectivity index (χ0n) is 10.3. The molecule has 0 aromatic heterocycles. The maximum absolute atomic E-state index is 7.50. The largest absolute Gasteiger partial charge is 0.492 e. The lowest BCUT2D eigenvalue weighted by molar-refractivity contribution is 0.251. The summed E-state index contributed by atoms with van der Waals surface area (Å²) < 4.78 is 5.69. The fraction of sp³-hybridized carbons (Fsp3) is 0.462. The summed E-state index contributed by atoms with van der Waals surface area (Å²) in [5.41, 5.74) is 5.98. The van der Waals surface area contributed by atoms with Crippen LogP contribution >= 0.6 is 11.6 Å². The van der Waals surface area contributed by atoms with Gasteiger partial charge in [0.25, 0.3) is 0 Å². The molecule has 0 saturated heterocycles. The normalized spacial score (nSPS) is 12.2. The molecule has 94 valence electrons.